The number of nitrogens with zero attached hydrogens (tertiary/aromatic N) is 1. The maximum Gasteiger partial charge on any atom is 0.335 e. The highest BCUT2D eigenvalue weighted by atomic mass is 35.5. The Kier molecular flexibility index (Phi) is 7.03. The summed E-state index contributed by atoms with van der Waals surface area (Å²) in [6, 6.07) is 26.4. The molecule has 0 heterocycles. The molecule has 0 aliphatic carbocycles. The predicted molar refractivity (Wildman–Crippen MR) is 139 cm³/mol. The number of carbonyl (C=O) groups is 2. The minimum Gasteiger partial charge on any atom is -0.497 e. The largest absolute Gasteiger partial charge is 0.497 e. The highest BCUT2D eigenvalue weighted by Crippen LogP contribution is 2.27. The minimum atomic E-state index is -1.12. The molecule has 0 amide bonds. The third kappa shape index (κ3) is 5.62. The van der Waals surface area contributed by atoms with Crippen molar-refractivity contribution in [1.29, 1.82) is 0 Å². The Labute approximate surface area is 208 Å². The highest BCUT2D eigenvalue weighted by molar-refractivity contribution is 6.30. The summed E-state index contributed by atoms with van der Waals surface area (Å²) >= 11 is 5.97. The van der Waals surface area contributed by atoms with E-state index < -0.39 is 5.97 Å². The number of aromatic carboxylic acids is 1. The number of benzene rings is 4. The lowest BCUT2D eigenvalue weighted by molar-refractivity contribution is 0.0697. The molecule has 7 heteroatoms. The number of hydrogen-bond donors (Lipinski definition) is 2. The smallest absolute Gasteiger partial charge is 0.335 e. The van der Waals surface area contributed by atoms with Crippen LogP contribution < -0.4 is 15.0 Å². The zero-order valence-corrected chi connectivity index (χ0v) is 19.9. The Hall–Kier alpha value is -4.29. The van der Waals surface area contributed by atoms with Gasteiger partial charge in [-0.3, -0.25) is 4.79 Å². The van der Waals surface area contributed by atoms with E-state index in [4.69, 9.17) is 16.3 Å². The second kappa shape index (κ2) is 10.3. The van der Waals surface area contributed by atoms with Gasteiger partial charge in [0, 0.05) is 52.0 Å². The van der Waals surface area contributed by atoms with Crippen molar-refractivity contribution in [3.8, 4) is 5.75 Å². The topological polar surface area (TPSA) is 78.9 Å². The van der Waals surface area contributed by atoms with E-state index in [0.29, 0.717) is 27.7 Å². The van der Waals surface area contributed by atoms with Crippen LogP contribution in [-0.2, 0) is 0 Å². The lowest BCUT2D eigenvalue weighted by atomic mass is 10.00. The predicted octanol–water partition coefficient (Wildman–Crippen LogP) is 6.79. The molecule has 4 rings (SSSR count). The molecule has 0 unspecified atom stereocenters. The molecular formula is C28H23ClN2O4. The molecule has 0 aliphatic rings. The van der Waals surface area contributed by atoms with Crippen LogP contribution in [0.25, 0.3) is 0 Å². The summed E-state index contributed by atoms with van der Waals surface area (Å²) in [7, 11) is 3.49. The van der Waals surface area contributed by atoms with Crippen LogP contribution in [0.2, 0.25) is 5.02 Å². The Morgan fingerprint density at radius 3 is 2.06 bits per heavy atom. The number of hydrogen-bond acceptors (Lipinski definition) is 5. The molecule has 176 valence electrons. The number of halogens is 1. The maximum absolute atomic E-state index is 13.2. The zero-order chi connectivity index (χ0) is 24.9. The Balaban J connectivity index is 1.60. The summed E-state index contributed by atoms with van der Waals surface area (Å²) in [5.74, 6) is -0.736. The van der Waals surface area contributed by atoms with Gasteiger partial charge in [-0.2, -0.15) is 0 Å². The van der Waals surface area contributed by atoms with Crippen LogP contribution in [0.1, 0.15) is 26.3 Å². The summed E-state index contributed by atoms with van der Waals surface area (Å²) < 4.78 is 5.24. The van der Waals surface area contributed by atoms with Gasteiger partial charge in [0.25, 0.3) is 0 Å². The molecule has 35 heavy (non-hydrogen) atoms. The van der Waals surface area contributed by atoms with Crippen LogP contribution >= 0.6 is 11.6 Å². The van der Waals surface area contributed by atoms with Gasteiger partial charge in [-0.25, -0.2) is 4.79 Å². The summed E-state index contributed by atoms with van der Waals surface area (Å²) in [6.45, 7) is 0. The number of nitrogens with one attached hydrogen (secondary N) is 1. The van der Waals surface area contributed by atoms with Crippen LogP contribution in [0.3, 0.4) is 0 Å². The lowest BCUT2D eigenvalue weighted by Gasteiger charge is -2.20. The van der Waals surface area contributed by atoms with Crippen molar-refractivity contribution in [2.45, 2.75) is 0 Å². The summed E-state index contributed by atoms with van der Waals surface area (Å²) in [6.07, 6.45) is 0. The van der Waals surface area contributed by atoms with Crippen molar-refractivity contribution in [3.63, 3.8) is 0 Å². The third-order valence-corrected chi connectivity index (χ3v) is 5.78. The first-order valence-electron chi connectivity index (χ1n) is 10.8. The molecule has 0 spiro atoms. The van der Waals surface area contributed by atoms with Gasteiger partial charge in [-0.1, -0.05) is 17.7 Å². The molecule has 2 N–H and O–H groups in total. The average Bonchev–Trinajstić information content (AvgIpc) is 2.88. The van der Waals surface area contributed by atoms with E-state index in [2.05, 4.69) is 5.32 Å². The molecule has 4 aromatic carbocycles. The van der Waals surface area contributed by atoms with Crippen LogP contribution in [-0.4, -0.2) is 31.0 Å². The molecule has 0 radical (unpaired) electrons. The van der Waals surface area contributed by atoms with Gasteiger partial charge in [-0.05, 0) is 78.9 Å². The number of carboxylic acid groups (broad SMARTS) is 1. The summed E-state index contributed by atoms with van der Waals surface area (Å²) in [5.41, 5.74) is 3.78. The SMILES string of the molecule is COc1cccc(Nc2cc(C(=O)O)cc(C(=O)c3ccc(N(C)c4ccc(Cl)cc4)cc3)c2)c1. The standard InChI is InChI=1S/C28H23ClN2O4/c1-31(25-12-8-21(29)9-13-25)24-10-6-18(7-11-24)27(32)19-14-20(28(33)34)16-23(15-19)30-22-4-3-5-26(17-22)35-2/h3-17,30H,1-2H3,(H,33,34). The van der Waals surface area contributed by atoms with E-state index in [0.717, 1.165) is 11.4 Å². The van der Waals surface area contributed by atoms with Gasteiger partial charge in [0.1, 0.15) is 5.75 Å². The molecule has 0 aliphatic heterocycles. The lowest BCUT2D eigenvalue weighted by Crippen LogP contribution is -2.10. The molecule has 0 atom stereocenters. The molecule has 0 saturated carbocycles. The first kappa shape index (κ1) is 23.9. The number of anilines is 4. The second-order valence-electron chi connectivity index (χ2n) is 7.87. The highest BCUT2D eigenvalue weighted by Gasteiger charge is 2.15. The molecular weight excluding hydrogens is 464 g/mol. The van der Waals surface area contributed by atoms with Gasteiger partial charge in [0.15, 0.2) is 5.78 Å². The quantitative estimate of drug-likeness (QED) is 0.267. The van der Waals surface area contributed by atoms with Crippen LogP contribution in [0.15, 0.2) is 91.0 Å². The van der Waals surface area contributed by atoms with Crippen molar-refractivity contribution >= 4 is 46.1 Å². The first-order chi connectivity index (χ1) is 16.8. The molecule has 0 saturated heterocycles. The van der Waals surface area contributed by atoms with E-state index in [1.807, 2.05) is 66.5 Å². The molecule has 4 aromatic rings. The number of rotatable bonds is 8. The number of carboxylic acids is 1. The summed E-state index contributed by atoms with van der Waals surface area (Å²) in [5, 5.41) is 13.4. The number of methoxy groups -OCH3 is 1. The summed E-state index contributed by atoms with van der Waals surface area (Å²) in [4.78, 5) is 26.9. The molecule has 6 nitrogen and oxygen atoms in total. The molecule has 0 bridgehead atoms. The minimum absolute atomic E-state index is 0.0142. The molecule has 0 aromatic heterocycles. The van der Waals surface area contributed by atoms with Crippen LogP contribution in [0, 0.1) is 0 Å². The van der Waals surface area contributed by atoms with Gasteiger partial charge in [0.2, 0.25) is 0 Å². The van der Waals surface area contributed by atoms with Crippen molar-refractivity contribution in [3.05, 3.63) is 113 Å². The van der Waals surface area contributed by atoms with Gasteiger partial charge in [-0.15, -0.1) is 0 Å². The second-order valence-corrected chi connectivity index (χ2v) is 8.31. The molecule has 0 fully saturated rings. The fraction of sp³-hybridized carbons (Fsp3) is 0.0714. The Morgan fingerprint density at radius 2 is 1.43 bits per heavy atom. The van der Waals surface area contributed by atoms with Crippen molar-refractivity contribution in [1.82, 2.24) is 0 Å². The number of carbonyl (C=O) groups excluding carboxylic acids is 1. The fourth-order valence-corrected chi connectivity index (χ4v) is 3.76. The van der Waals surface area contributed by atoms with Gasteiger partial charge >= 0.3 is 5.97 Å². The van der Waals surface area contributed by atoms with Crippen molar-refractivity contribution < 1.29 is 19.4 Å². The third-order valence-electron chi connectivity index (χ3n) is 5.53. The van der Waals surface area contributed by atoms with E-state index in [1.165, 1.54) is 12.1 Å². The van der Waals surface area contributed by atoms with E-state index in [9.17, 15) is 14.7 Å². The van der Waals surface area contributed by atoms with Crippen molar-refractivity contribution in [2.75, 3.05) is 24.4 Å². The number of ketones is 1. The van der Waals surface area contributed by atoms with E-state index in [1.54, 1.807) is 31.4 Å². The van der Waals surface area contributed by atoms with E-state index >= 15 is 0 Å². The number of ether oxygens (including phenoxy) is 1. The Morgan fingerprint density at radius 1 is 0.800 bits per heavy atom. The van der Waals surface area contributed by atoms with Crippen LogP contribution in [0.5, 0.6) is 5.75 Å². The Bertz CT molecular complexity index is 1370. The van der Waals surface area contributed by atoms with Gasteiger partial charge < -0.3 is 20.1 Å². The van der Waals surface area contributed by atoms with E-state index in [-0.39, 0.29) is 16.9 Å². The first-order valence-corrected chi connectivity index (χ1v) is 11.2. The fourth-order valence-electron chi connectivity index (χ4n) is 3.64. The zero-order valence-electron chi connectivity index (χ0n) is 19.2. The average molecular weight is 487 g/mol. The van der Waals surface area contributed by atoms with Crippen molar-refractivity contribution in [2.24, 2.45) is 0 Å². The van der Waals surface area contributed by atoms with Crippen LogP contribution in [0.4, 0.5) is 22.7 Å². The normalized spacial score (nSPS) is 10.5. The van der Waals surface area contributed by atoms with Gasteiger partial charge in [0.05, 0.1) is 12.7 Å². The maximum atomic E-state index is 13.2. The monoisotopic (exact) mass is 486 g/mol.